The Bertz CT molecular complexity index is 772. The fourth-order valence-corrected chi connectivity index (χ4v) is 2.64. The first-order valence-corrected chi connectivity index (χ1v) is 6.65. The zero-order valence-electron chi connectivity index (χ0n) is 9.85. The van der Waals surface area contributed by atoms with Crippen LogP contribution in [0.15, 0.2) is 39.4 Å². The Morgan fingerprint density at radius 3 is 2.89 bits per heavy atom. The van der Waals surface area contributed by atoms with Gasteiger partial charge in [0.25, 0.3) is 0 Å². The highest BCUT2D eigenvalue weighted by molar-refractivity contribution is 9.10. The van der Waals surface area contributed by atoms with Gasteiger partial charge in [0.15, 0.2) is 5.76 Å². The number of aryl methyl sites for hydroxylation is 1. The number of carbonyl (C=O) groups is 1. The lowest BCUT2D eigenvalue weighted by Crippen LogP contribution is -2.07. The molecule has 0 fully saturated rings. The number of aromatic nitrogens is 2. The van der Waals surface area contributed by atoms with Crippen molar-refractivity contribution in [1.29, 1.82) is 0 Å². The number of hydrogen-bond donors (Lipinski definition) is 0. The maximum Gasteiger partial charge on any atom is 0.247 e. The van der Waals surface area contributed by atoms with E-state index >= 15 is 0 Å². The fraction of sp³-hybridized carbons (Fsp3) is 0.0769. The van der Waals surface area contributed by atoms with Crippen molar-refractivity contribution in [2.24, 2.45) is 7.05 Å². The Labute approximate surface area is 122 Å². The summed E-state index contributed by atoms with van der Waals surface area (Å²) < 4.78 is 7.84. The highest BCUT2D eigenvalue weighted by atomic mass is 79.9. The van der Waals surface area contributed by atoms with Crippen molar-refractivity contribution in [2.75, 3.05) is 0 Å². The predicted molar refractivity (Wildman–Crippen MR) is 75.6 cm³/mol. The summed E-state index contributed by atoms with van der Waals surface area (Å²) in [5.41, 5.74) is 0.959. The van der Waals surface area contributed by atoms with Crippen molar-refractivity contribution in [3.8, 4) is 0 Å². The molecule has 0 aliphatic rings. The maximum absolute atomic E-state index is 12.4. The van der Waals surface area contributed by atoms with Gasteiger partial charge in [0.2, 0.25) is 5.78 Å². The van der Waals surface area contributed by atoms with E-state index in [1.54, 1.807) is 13.1 Å². The van der Waals surface area contributed by atoms with Crippen LogP contribution in [0.3, 0.4) is 0 Å². The van der Waals surface area contributed by atoms with Crippen molar-refractivity contribution in [1.82, 2.24) is 9.78 Å². The number of ketones is 1. The third kappa shape index (κ3) is 1.99. The van der Waals surface area contributed by atoms with Gasteiger partial charge in [0.1, 0.15) is 11.3 Å². The molecular weight excluding hydrogens is 332 g/mol. The monoisotopic (exact) mass is 338 g/mol. The second kappa shape index (κ2) is 4.51. The van der Waals surface area contributed by atoms with Gasteiger partial charge in [-0.1, -0.05) is 23.7 Å². The number of furan rings is 1. The van der Waals surface area contributed by atoms with Crippen LogP contribution in [0.5, 0.6) is 0 Å². The van der Waals surface area contributed by atoms with Gasteiger partial charge in [-0.15, -0.1) is 0 Å². The first-order valence-electron chi connectivity index (χ1n) is 5.48. The minimum absolute atomic E-state index is 0.243. The second-order valence-electron chi connectivity index (χ2n) is 4.06. The quantitative estimate of drug-likeness (QED) is 0.667. The zero-order valence-corrected chi connectivity index (χ0v) is 12.2. The number of carbonyl (C=O) groups excluding carboxylic acids is 1. The van der Waals surface area contributed by atoms with Crippen LogP contribution in [0.2, 0.25) is 5.02 Å². The summed E-state index contributed by atoms with van der Waals surface area (Å²) in [7, 11) is 1.66. The molecule has 2 aromatic heterocycles. The average Bonchev–Trinajstić information content (AvgIpc) is 2.94. The number of fused-ring (bicyclic) bond motifs is 1. The molecule has 0 spiro atoms. The topological polar surface area (TPSA) is 48.0 Å². The fourth-order valence-electron chi connectivity index (χ4n) is 1.92. The van der Waals surface area contributed by atoms with Gasteiger partial charge in [0, 0.05) is 12.4 Å². The summed E-state index contributed by atoms with van der Waals surface area (Å²) in [5, 5.41) is 5.12. The summed E-state index contributed by atoms with van der Waals surface area (Å²) in [4.78, 5) is 12.4. The van der Waals surface area contributed by atoms with Crippen molar-refractivity contribution >= 4 is 44.3 Å². The minimum atomic E-state index is -0.284. The van der Waals surface area contributed by atoms with Crippen molar-refractivity contribution in [3.63, 3.8) is 0 Å². The molecule has 0 amide bonds. The van der Waals surface area contributed by atoms with Crippen molar-refractivity contribution < 1.29 is 9.21 Å². The van der Waals surface area contributed by atoms with E-state index in [4.69, 9.17) is 16.0 Å². The van der Waals surface area contributed by atoms with E-state index in [1.807, 2.05) is 18.2 Å². The van der Waals surface area contributed by atoms with E-state index in [1.165, 1.54) is 10.9 Å². The third-order valence-electron chi connectivity index (χ3n) is 2.83. The van der Waals surface area contributed by atoms with Crippen LogP contribution < -0.4 is 0 Å². The van der Waals surface area contributed by atoms with E-state index in [-0.39, 0.29) is 11.5 Å². The summed E-state index contributed by atoms with van der Waals surface area (Å²) in [6.45, 7) is 0. The van der Waals surface area contributed by atoms with E-state index in [9.17, 15) is 4.79 Å². The number of rotatable bonds is 2. The smallest absolute Gasteiger partial charge is 0.247 e. The van der Waals surface area contributed by atoms with Gasteiger partial charge in [0.05, 0.1) is 15.7 Å². The normalized spacial score (nSPS) is 11.1. The molecule has 4 nitrogen and oxygen atoms in total. The molecule has 3 aromatic rings. The van der Waals surface area contributed by atoms with Gasteiger partial charge < -0.3 is 4.42 Å². The number of nitrogens with zero attached hydrogens (tertiary/aromatic N) is 2. The molecule has 0 unspecified atom stereocenters. The van der Waals surface area contributed by atoms with Crippen molar-refractivity contribution in [2.45, 2.75) is 0 Å². The molecule has 3 rings (SSSR count). The summed E-state index contributed by atoms with van der Waals surface area (Å²) >= 11 is 9.35. The Hall–Kier alpha value is -1.59. The molecule has 0 saturated carbocycles. The highest BCUT2D eigenvalue weighted by Crippen LogP contribution is 2.29. The number of benzene rings is 1. The van der Waals surface area contributed by atoms with Gasteiger partial charge in [-0.2, -0.15) is 5.10 Å². The molecule has 96 valence electrons. The van der Waals surface area contributed by atoms with Crippen LogP contribution in [-0.4, -0.2) is 15.6 Å². The maximum atomic E-state index is 12.4. The predicted octanol–water partition coefficient (Wildman–Crippen LogP) is 3.81. The summed E-state index contributed by atoms with van der Waals surface area (Å²) in [6.07, 6.45) is 1.44. The van der Waals surface area contributed by atoms with E-state index in [0.717, 1.165) is 9.86 Å². The lowest BCUT2D eigenvalue weighted by atomic mass is 10.2. The van der Waals surface area contributed by atoms with Gasteiger partial charge >= 0.3 is 0 Å². The average molecular weight is 340 g/mol. The van der Waals surface area contributed by atoms with Gasteiger partial charge in [-0.05, 0) is 28.1 Å². The largest absolute Gasteiger partial charge is 0.451 e. The summed E-state index contributed by atoms with van der Waals surface area (Å²) in [6, 6.07) is 7.32. The minimum Gasteiger partial charge on any atom is -0.451 e. The molecule has 0 aliphatic heterocycles. The number of halogens is 2. The van der Waals surface area contributed by atoms with Crippen LogP contribution in [0, 0.1) is 0 Å². The Kier molecular flexibility index (Phi) is 2.95. The highest BCUT2D eigenvalue weighted by Gasteiger charge is 2.21. The van der Waals surface area contributed by atoms with Crippen LogP contribution in [0.1, 0.15) is 16.2 Å². The standard InChI is InChI=1S/C13H8BrClN2O2/c1-17-11(9(15)6-16-17)12(18)10-5-7-3-2-4-8(14)13(7)19-10/h2-6H,1H3. The van der Waals surface area contributed by atoms with Gasteiger partial charge in [-0.3, -0.25) is 9.48 Å². The Balaban J connectivity index is 2.15. The van der Waals surface area contributed by atoms with Crippen LogP contribution >= 0.6 is 27.5 Å². The van der Waals surface area contributed by atoms with E-state index in [2.05, 4.69) is 21.0 Å². The lowest BCUT2D eigenvalue weighted by molar-refractivity contribution is 0.100. The van der Waals surface area contributed by atoms with E-state index in [0.29, 0.717) is 16.3 Å². The molecule has 0 saturated heterocycles. The molecule has 0 aliphatic carbocycles. The molecule has 0 N–H and O–H groups in total. The molecule has 0 radical (unpaired) electrons. The molecule has 0 atom stereocenters. The molecule has 0 bridgehead atoms. The lowest BCUT2D eigenvalue weighted by Gasteiger charge is -1.98. The molecular formula is C13H8BrClN2O2. The van der Waals surface area contributed by atoms with Crippen LogP contribution in [-0.2, 0) is 7.05 Å². The number of para-hydroxylation sites is 1. The zero-order chi connectivity index (χ0) is 13.6. The van der Waals surface area contributed by atoms with Crippen molar-refractivity contribution in [3.05, 3.63) is 51.4 Å². The Morgan fingerprint density at radius 1 is 1.47 bits per heavy atom. The number of hydrogen-bond acceptors (Lipinski definition) is 3. The molecule has 19 heavy (non-hydrogen) atoms. The second-order valence-corrected chi connectivity index (χ2v) is 5.32. The van der Waals surface area contributed by atoms with Crippen LogP contribution in [0.4, 0.5) is 0 Å². The molecule has 2 heterocycles. The van der Waals surface area contributed by atoms with E-state index < -0.39 is 0 Å². The molecule has 6 heteroatoms. The first kappa shape index (κ1) is 12.4. The molecule has 1 aromatic carbocycles. The first-order chi connectivity index (χ1) is 9.08. The van der Waals surface area contributed by atoms with Gasteiger partial charge in [-0.25, -0.2) is 0 Å². The Morgan fingerprint density at radius 2 is 2.26 bits per heavy atom. The summed E-state index contributed by atoms with van der Waals surface area (Å²) in [5.74, 6) is -0.0412. The SMILES string of the molecule is Cn1ncc(Cl)c1C(=O)c1cc2cccc(Br)c2o1. The third-order valence-corrected chi connectivity index (χ3v) is 3.73. The van der Waals surface area contributed by atoms with Crippen LogP contribution in [0.25, 0.3) is 11.0 Å².